The maximum Gasteiger partial charge on any atom is 0.225 e. The lowest BCUT2D eigenvalue weighted by atomic mass is 9.99. The molecular weight excluding hydrogens is 350 g/mol. The smallest absolute Gasteiger partial charge is 0.225 e. The maximum absolute atomic E-state index is 5.57. The fraction of sp³-hybridized carbons (Fsp3) is 0.409. The van der Waals surface area contributed by atoms with E-state index in [2.05, 4.69) is 14.8 Å². The number of fused-ring (bicyclic) bond motifs is 1. The summed E-state index contributed by atoms with van der Waals surface area (Å²) in [7, 11) is 0. The second-order valence-electron chi connectivity index (χ2n) is 7.69. The highest BCUT2D eigenvalue weighted by Crippen LogP contribution is 2.34. The molecular formula is C22H25N5O. The minimum absolute atomic E-state index is 0.630. The molecule has 0 amide bonds. The van der Waals surface area contributed by atoms with E-state index in [0.29, 0.717) is 6.04 Å². The standard InChI is InChI=1S/C22H25N5O/c1-16-19(7-13-28-16)21-20(17-5-8-23-9-6-17)14-24-22(25-21)27-12-11-26-10-3-2-4-18(26)15-27/h5-9,13-14,18H,2-4,10-12,15H2,1H3. The molecule has 1 atom stereocenters. The van der Waals surface area contributed by atoms with E-state index in [4.69, 9.17) is 14.4 Å². The van der Waals surface area contributed by atoms with Crippen LogP contribution in [0.15, 0.2) is 47.5 Å². The Hall–Kier alpha value is -2.73. The molecule has 1 unspecified atom stereocenters. The second kappa shape index (κ2) is 7.36. The first-order valence-corrected chi connectivity index (χ1v) is 10.1. The molecule has 5 rings (SSSR count). The molecule has 0 N–H and O–H groups in total. The van der Waals surface area contributed by atoms with Gasteiger partial charge in [-0.2, -0.15) is 0 Å². The van der Waals surface area contributed by atoms with Crippen molar-refractivity contribution in [2.24, 2.45) is 0 Å². The molecule has 3 aromatic heterocycles. The molecule has 2 fully saturated rings. The van der Waals surface area contributed by atoms with Gasteiger partial charge in [-0.05, 0) is 50.1 Å². The van der Waals surface area contributed by atoms with Crippen molar-refractivity contribution in [3.63, 3.8) is 0 Å². The van der Waals surface area contributed by atoms with Crippen LogP contribution >= 0.6 is 0 Å². The monoisotopic (exact) mass is 375 g/mol. The molecule has 28 heavy (non-hydrogen) atoms. The summed E-state index contributed by atoms with van der Waals surface area (Å²) in [6, 6.07) is 6.62. The number of aryl methyl sites for hydroxylation is 1. The number of piperidine rings is 1. The summed E-state index contributed by atoms with van der Waals surface area (Å²) in [5.74, 6) is 1.69. The highest BCUT2D eigenvalue weighted by Gasteiger charge is 2.30. The van der Waals surface area contributed by atoms with E-state index in [1.165, 1.54) is 25.8 Å². The SMILES string of the molecule is Cc1occc1-c1nc(N2CCN3CCCCC3C2)ncc1-c1ccncc1. The van der Waals surface area contributed by atoms with E-state index in [0.717, 1.165) is 53.7 Å². The van der Waals surface area contributed by atoms with Crippen LogP contribution in [0.3, 0.4) is 0 Å². The Morgan fingerprint density at radius 3 is 2.75 bits per heavy atom. The molecule has 0 aromatic carbocycles. The molecule has 2 saturated heterocycles. The van der Waals surface area contributed by atoms with Crippen molar-refractivity contribution in [1.29, 1.82) is 0 Å². The molecule has 0 spiro atoms. The number of nitrogens with zero attached hydrogens (tertiary/aromatic N) is 5. The van der Waals surface area contributed by atoms with Crippen LogP contribution in [0.25, 0.3) is 22.4 Å². The Balaban J connectivity index is 1.53. The average Bonchev–Trinajstić information content (AvgIpc) is 3.19. The molecule has 0 aliphatic carbocycles. The molecule has 6 heteroatoms. The highest BCUT2D eigenvalue weighted by atomic mass is 16.3. The van der Waals surface area contributed by atoms with E-state index in [9.17, 15) is 0 Å². The molecule has 0 saturated carbocycles. The summed E-state index contributed by atoms with van der Waals surface area (Å²) in [6.45, 7) is 6.31. The van der Waals surface area contributed by atoms with Gasteiger partial charge in [-0.25, -0.2) is 9.97 Å². The predicted octanol–water partition coefficient (Wildman–Crippen LogP) is 3.78. The van der Waals surface area contributed by atoms with Crippen molar-refractivity contribution in [2.45, 2.75) is 32.2 Å². The Bertz CT molecular complexity index is 955. The second-order valence-corrected chi connectivity index (χ2v) is 7.69. The number of hydrogen-bond acceptors (Lipinski definition) is 6. The van der Waals surface area contributed by atoms with Crippen LogP contribution in [-0.2, 0) is 0 Å². The van der Waals surface area contributed by atoms with E-state index in [-0.39, 0.29) is 0 Å². The zero-order valence-electron chi connectivity index (χ0n) is 16.2. The zero-order chi connectivity index (χ0) is 18.9. The van der Waals surface area contributed by atoms with Crippen LogP contribution in [0, 0.1) is 6.92 Å². The first-order valence-electron chi connectivity index (χ1n) is 10.1. The summed E-state index contributed by atoms with van der Waals surface area (Å²) >= 11 is 0. The summed E-state index contributed by atoms with van der Waals surface area (Å²) in [5.41, 5.74) is 4.02. The average molecular weight is 375 g/mol. The Kier molecular flexibility index (Phi) is 4.56. The third-order valence-electron chi connectivity index (χ3n) is 6.00. The highest BCUT2D eigenvalue weighted by molar-refractivity contribution is 5.81. The molecule has 5 heterocycles. The summed E-state index contributed by atoms with van der Waals surface area (Å²) < 4.78 is 5.57. The van der Waals surface area contributed by atoms with Gasteiger partial charge in [0.05, 0.1) is 12.0 Å². The van der Waals surface area contributed by atoms with E-state index >= 15 is 0 Å². The largest absolute Gasteiger partial charge is 0.469 e. The molecule has 0 radical (unpaired) electrons. The van der Waals surface area contributed by atoms with E-state index < -0.39 is 0 Å². The summed E-state index contributed by atoms with van der Waals surface area (Å²) in [6.07, 6.45) is 11.2. The molecule has 2 aliphatic rings. The van der Waals surface area contributed by atoms with Gasteiger partial charge in [-0.1, -0.05) is 6.42 Å². The lowest BCUT2D eigenvalue weighted by molar-refractivity contribution is 0.133. The van der Waals surface area contributed by atoms with Gasteiger partial charge in [-0.15, -0.1) is 0 Å². The van der Waals surface area contributed by atoms with Crippen LogP contribution in [-0.4, -0.2) is 52.1 Å². The Morgan fingerprint density at radius 2 is 1.93 bits per heavy atom. The predicted molar refractivity (Wildman–Crippen MR) is 109 cm³/mol. The van der Waals surface area contributed by atoms with Crippen LogP contribution in [0.4, 0.5) is 5.95 Å². The molecule has 144 valence electrons. The van der Waals surface area contributed by atoms with Gasteiger partial charge in [0.15, 0.2) is 0 Å². The van der Waals surface area contributed by atoms with Crippen molar-refractivity contribution >= 4 is 5.95 Å². The van der Waals surface area contributed by atoms with Gasteiger partial charge in [0.25, 0.3) is 0 Å². The van der Waals surface area contributed by atoms with Crippen molar-refractivity contribution < 1.29 is 4.42 Å². The molecule has 2 aliphatic heterocycles. The minimum atomic E-state index is 0.630. The Morgan fingerprint density at radius 1 is 1.04 bits per heavy atom. The quantitative estimate of drug-likeness (QED) is 0.694. The third-order valence-corrected chi connectivity index (χ3v) is 6.00. The van der Waals surface area contributed by atoms with Gasteiger partial charge < -0.3 is 9.32 Å². The molecule has 6 nitrogen and oxygen atoms in total. The van der Waals surface area contributed by atoms with Gasteiger partial charge in [0, 0.05) is 55.4 Å². The van der Waals surface area contributed by atoms with Crippen molar-refractivity contribution in [3.05, 3.63) is 48.8 Å². The van der Waals surface area contributed by atoms with Gasteiger partial charge in [0.2, 0.25) is 5.95 Å². The number of rotatable bonds is 3. The van der Waals surface area contributed by atoms with Crippen molar-refractivity contribution in [1.82, 2.24) is 19.9 Å². The van der Waals surface area contributed by atoms with Crippen molar-refractivity contribution in [2.75, 3.05) is 31.1 Å². The van der Waals surface area contributed by atoms with Gasteiger partial charge >= 0.3 is 0 Å². The third kappa shape index (κ3) is 3.18. The van der Waals surface area contributed by atoms with Gasteiger partial charge in [-0.3, -0.25) is 9.88 Å². The fourth-order valence-corrected chi connectivity index (χ4v) is 4.44. The van der Waals surface area contributed by atoms with E-state index in [1.807, 2.05) is 31.3 Å². The normalized spacial score (nSPS) is 20.2. The molecule has 3 aromatic rings. The Labute approximate surface area is 165 Å². The van der Waals surface area contributed by atoms with Crippen LogP contribution in [0.5, 0.6) is 0 Å². The zero-order valence-corrected chi connectivity index (χ0v) is 16.2. The number of aromatic nitrogens is 3. The number of piperazine rings is 1. The minimum Gasteiger partial charge on any atom is -0.469 e. The first kappa shape index (κ1) is 17.4. The number of furan rings is 1. The van der Waals surface area contributed by atoms with Crippen LogP contribution in [0.1, 0.15) is 25.0 Å². The number of anilines is 1. The van der Waals surface area contributed by atoms with Crippen LogP contribution in [0.2, 0.25) is 0 Å². The fourth-order valence-electron chi connectivity index (χ4n) is 4.44. The lowest BCUT2D eigenvalue weighted by Gasteiger charge is -2.44. The van der Waals surface area contributed by atoms with Crippen LogP contribution < -0.4 is 4.90 Å². The lowest BCUT2D eigenvalue weighted by Crippen LogP contribution is -2.55. The number of pyridine rings is 1. The molecule has 0 bridgehead atoms. The summed E-state index contributed by atoms with van der Waals surface area (Å²) in [4.78, 5) is 18.9. The topological polar surface area (TPSA) is 58.3 Å². The maximum atomic E-state index is 5.57. The summed E-state index contributed by atoms with van der Waals surface area (Å²) in [5, 5.41) is 0. The first-order chi connectivity index (χ1) is 13.8. The van der Waals surface area contributed by atoms with E-state index in [1.54, 1.807) is 18.7 Å². The van der Waals surface area contributed by atoms with Crippen molar-refractivity contribution in [3.8, 4) is 22.4 Å². The van der Waals surface area contributed by atoms with Gasteiger partial charge in [0.1, 0.15) is 5.76 Å². The number of hydrogen-bond donors (Lipinski definition) is 0.